The van der Waals surface area contributed by atoms with Crippen LogP contribution in [0.25, 0.3) is 0 Å². The number of aromatic nitrogens is 1. The first-order chi connectivity index (χ1) is 4.74. The molecule has 1 atom stereocenters. The second-order valence-electron chi connectivity index (χ2n) is 1.93. The number of alkyl halides is 1. The molecule has 0 saturated heterocycles. The maximum absolute atomic E-state index is 8.67. The van der Waals surface area contributed by atoms with Crippen LogP contribution in [0.5, 0.6) is 0 Å². The van der Waals surface area contributed by atoms with E-state index in [-0.39, 0.29) is 6.61 Å². The SMILES string of the molecule is CC(Br)c1cnc(CO)s1. The third kappa shape index (κ3) is 1.78. The maximum Gasteiger partial charge on any atom is 0.118 e. The van der Waals surface area contributed by atoms with Gasteiger partial charge in [-0.3, -0.25) is 0 Å². The van der Waals surface area contributed by atoms with Crippen molar-refractivity contribution in [2.45, 2.75) is 18.4 Å². The van der Waals surface area contributed by atoms with Gasteiger partial charge in [0.25, 0.3) is 0 Å². The first kappa shape index (κ1) is 8.17. The van der Waals surface area contributed by atoms with Crippen molar-refractivity contribution in [3.05, 3.63) is 16.1 Å². The Labute approximate surface area is 72.0 Å². The van der Waals surface area contributed by atoms with E-state index in [1.54, 1.807) is 6.20 Å². The normalized spacial score (nSPS) is 13.5. The smallest absolute Gasteiger partial charge is 0.118 e. The van der Waals surface area contributed by atoms with Gasteiger partial charge >= 0.3 is 0 Å². The molecular weight excluding hydrogens is 214 g/mol. The highest BCUT2D eigenvalue weighted by Gasteiger charge is 2.04. The van der Waals surface area contributed by atoms with Crippen LogP contribution in [0.4, 0.5) is 0 Å². The summed E-state index contributed by atoms with van der Waals surface area (Å²) < 4.78 is 0. The number of aliphatic hydroxyl groups is 1. The molecule has 0 aromatic carbocycles. The molecule has 10 heavy (non-hydrogen) atoms. The Hall–Kier alpha value is 0.0700. The van der Waals surface area contributed by atoms with Crippen molar-refractivity contribution in [2.24, 2.45) is 0 Å². The molecule has 1 N–H and O–H groups in total. The Bertz CT molecular complexity index is 211. The number of nitrogens with zero attached hydrogens (tertiary/aromatic N) is 1. The van der Waals surface area contributed by atoms with Crippen LogP contribution in [0.2, 0.25) is 0 Å². The molecule has 1 aromatic heterocycles. The fourth-order valence-electron chi connectivity index (χ4n) is 0.581. The number of rotatable bonds is 2. The van der Waals surface area contributed by atoms with Gasteiger partial charge in [-0.05, 0) is 6.92 Å². The van der Waals surface area contributed by atoms with Crippen LogP contribution in [-0.2, 0) is 6.61 Å². The molecule has 0 amide bonds. The fraction of sp³-hybridized carbons (Fsp3) is 0.500. The Balaban J connectivity index is 2.78. The fourth-order valence-corrected chi connectivity index (χ4v) is 1.69. The van der Waals surface area contributed by atoms with Crippen LogP contribution in [0.15, 0.2) is 6.20 Å². The van der Waals surface area contributed by atoms with Gasteiger partial charge in [-0.1, -0.05) is 15.9 Å². The number of halogens is 1. The molecule has 4 heteroatoms. The van der Waals surface area contributed by atoms with E-state index in [1.807, 2.05) is 6.92 Å². The molecule has 0 aliphatic heterocycles. The Morgan fingerprint density at radius 2 is 2.60 bits per heavy atom. The van der Waals surface area contributed by atoms with Crippen LogP contribution >= 0.6 is 27.3 Å². The van der Waals surface area contributed by atoms with Gasteiger partial charge < -0.3 is 5.11 Å². The quantitative estimate of drug-likeness (QED) is 0.777. The van der Waals surface area contributed by atoms with Gasteiger partial charge in [-0.15, -0.1) is 11.3 Å². The summed E-state index contributed by atoms with van der Waals surface area (Å²) in [6, 6.07) is 0. The molecule has 1 rings (SSSR count). The number of hydrogen-bond acceptors (Lipinski definition) is 3. The topological polar surface area (TPSA) is 33.1 Å². The monoisotopic (exact) mass is 221 g/mol. The summed E-state index contributed by atoms with van der Waals surface area (Å²) in [4.78, 5) is 5.49. The first-order valence-electron chi connectivity index (χ1n) is 2.93. The molecule has 0 bridgehead atoms. The van der Waals surface area contributed by atoms with Crippen molar-refractivity contribution in [3.63, 3.8) is 0 Å². The predicted molar refractivity (Wildman–Crippen MR) is 45.4 cm³/mol. The second kappa shape index (κ2) is 3.46. The summed E-state index contributed by atoms with van der Waals surface area (Å²) in [6.45, 7) is 2.08. The van der Waals surface area contributed by atoms with E-state index in [9.17, 15) is 0 Å². The summed E-state index contributed by atoms with van der Waals surface area (Å²) in [5.41, 5.74) is 0. The third-order valence-corrected chi connectivity index (χ3v) is 3.06. The van der Waals surface area contributed by atoms with Crippen LogP contribution in [0, 0.1) is 0 Å². The van der Waals surface area contributed by atoms with E-state index in [1.165, 1.54) is 11.3 Å². The Morgan fingerprint density at radius 3 is 2.90 bits per heavy atom. The zero-order valence-electron chi connectivity index (χ0n) is 5.54. The highest BCUT2D eigenvalue weighted by molar-refractivity contribution is 9.09. The molecular formula is C6H8BrNOS. The zero-order valence-corrected chi connectivity index (χ0v) is 7.94. The van der Waals surface area contributed by atoms with Crippen LogP contribution < -0.4 is 0 Å². The van der Waals surface area contributed by atoms with E-state index in [0.717, 1.165) is 9.88 Å². The Morgan fingerprint density at radius 1 is 1.90 bits per heavy atom. The molecule has 1 aromatic rings. The lowest BCUT2D eigenvalue weighted by Crippen LogP contribution is -1.75. The van der Waals surface area contributed by atoms with E-state index in [2.05, 4.69) is 20.9 Å². The van der Waals surface area contributed by atoms with Crippen molar-refractivity contribution in [2.75, 3.05) is 0 Å². The van der Waals surface area contributed by atoms with E-state index >= 15 is 0 Å². The summed E-state index contributed by atoms with van der Waals surface area (Å²) in [5.74, 6) is 0. The van der Waals surface area contributed by atoms with Crippen LogP contribution in [-0.4, -0.2) is 10.1 Å². The van der Waals surface area contributed by atoms with Crippen molar-refractivity contribution >= 4 is 27.3 Å². The number of aliphatic hydroxyl groups excluding tert-OH is 1. The van der Waals surface area contributed by atoms with Crippen molar-refractivity contribution in [1.29, 1.82) is 0 Å². The van der Waals surface area contributed by atoms with Crippen molar-refractivity contribution in [3.8, 4) is 0 Å². The largest absolute Gasteiger partial charge is 0.389 e. The number of hydrogen-bond donors (Lipinski definition) is 1. The molecule has 0 aliphatic carbocycles. The van der Waals surface area contributed by atoms with E-state index in [4.69, 9.17) is 5.11 Å². The number of thiazole rings is 1. The van der Waals surface area contributed by atoms with Gasteiger partial charge in [0.2, 0.25) is 0 Å². The minimum atomic E-state index is 0.0460. The molecule has 0 spiro atoms. The zero-order chi connectivity index (χ0) is 7.56. The molecule has 1 unspecified atom stereocenters. The minimum Gasteiger partial charge on any atom is -0.389 e. The van der Waals surface area contributed by atoms with Crippen LogP contribution in [0.3, 0.4) is 0 Å². The molecule has 2 nitrogen and oxygen atoms in total. The van der Waals surface area contributed by atoms with E-state index in [0.29, 0.717) is 4.83 Å². The minimum absolute atomic E-state index is 0.0460. The molecule has 1 heterocycles. The van der Waals surface area contributed by atoms with E-state index < -0.39 is 0 Å². The van der Waals surface area contributed by atoms with Gasteiger partial charge in [0.1, 0.15) is 5.01 Å². The average molecular weight is 222 g/mol. The third-order valence-electron chi connectivity index (χ3n) is 1.10. The van der Waals surface area contributed by atoms with Gasteiger partial charge in [0, 0.05) is 15.9 Å². The van der Waals surface area contributed by atoms with Crippen LogP contribution in [0.1, 0.15) is 21.6 Å². The molecule has 0 saturated carbocycles. The average Bonchev–Trinajstić information content (AvgIpc) is 2.34. The summed E-state index contributed by atoms with van der Waals surface area (Å²) >= 11 is 4.95. The highest BCUT2D eigenvalue weighted by Crippen LogP contribution is 2.26. The lowest BCUT2D eigenvalue weighted by molar-refractivity contribution is 0.281. The first-order valence-corrected chi connectivity index (χ1v) is 4.66. The lowest BCUT2D eigenvalue weighted by Gasteiger charge is -1.93. The lowest BCUT2D eigenvalue weighted by atomic mass is 10.4. The Kier molecular flexibility index (Phi) is 2.82. The summed E-state index contributed by atoms with van der Waals surface area (Å²) in [6.07, 6.45) is 1.79. The standard InChI is InChI=1S/C6H8BrNOS/c1-4(7)5-2-8-6(3-9)10-5/h2,4,9H,3H2,1H3. The molecule has 0 fully saturated rings. The maximum atomic E-state index is 8.67. The van der Waals surface area contributed by atoms with Gasteiger partial charge in [-0.25, -0.2) is 4.98 Å². The second-order valence-corrected chi connectivity index (χ2v) is 4.45. The predicted octanol–water partition coefficient (Wildman–Crippen LogP) is 2.09. The summed E-state index contributed by atoms with van der Waals surface area (Å²) in [7, 11) is 0. The van der Waals surface area contributed by atoms with Gasteiger partial charge in [0.05, 0.1) is 6.61 Å². The van der Waals surface area contributed by atoms with Gasteiger partial charge in [0.15, 0.2) is 0 Å². The molecule has 56 valence electrons. The molecule has 0 aliphatic rings. The molecule has 0 radical (unpaired) electrons. The van der Waals surface area contributed by atoms with Crippen molar-refractivity contribution in [1.82, 2.24) is 4.98 Å². The highest BCUT2D eigenvalue weighted by atomic mass is 79.9. The van der Waals surface area contributed by atoms with Crippen molar-refractivity contribution < 1.29 is 5.11 Å². The van der Waals surface area contributed by atoms with Gasteiger partial charge in [-0.2, -0.15) is 0 Å². The summed E-state index contributed by atoms with van der Waals surface area (Å²) in [5, 5.41) is 9.44.